The van der Waals surface area contributed by atoms with Gasteiger partial charge in [-0.2, -0.15) is 0 Å². The molecule has 1 aliphatic rings. The van der Waals surface area contributed by atoms with Gasteiger partial charge in [-0.3, -0.25) is 4.79 Å². The maximum absolute atomic E-state index is 10.6. The zero-order valence-electron chi connectivity index (χ0n) is 13.1. The molecule has 1 fully saturated rings. The Morgan fingerprint density at radius 3 is 2.38 bits per heavy atom. The molecule has 0 amide bonds. The van der Waals surface area contributed by atoms with Crippen LogP contribution in [0.3, 0.4) is 0 Å². The number of nitrogens with zero attached hydrogens (tertiary/aromatic N) is 1. The van der Waals surface area contributed by atoms with E-state index in [1.165, 1.54) is 31.5 Å². The molecule has 4 nitrogen and oxygen atoms in total. The molecule has 4 heteroatoms. The molecular formula is C17H26N2O2. The first-order chi connectivity index (χ1) is 9.97. The summed E-state index contributed by atoms with van der Waals surface area (Å²) in [6, 6.07) is 7.84. The van der Waals surface area contributed by atoms with E-state index in [4.69, 9.17) is 5.11 Å². The van der Waals surface area contributed by atoms with Gasteiger partial charge in [0, 0.05) is 13.1 Å². The number of carboxylic acids is 1. The fourth-order valence-corrected chi connectivity index (χ4v) is 2.79. The first-order valence-corrected chi connectivity index (χ1v) is 7.66. The predicted octanol–water partition coefficient (Wildman–Crippen LogP) is 2.14. The number of hydrogen-bond acceptors (Lipinski definition) is 3. The quantitative estimate of drug-likeness (QED) is 0.843. The summed E-state index contributed by atoms with van der Waals surface area (Å²) in [6.45, 7) is 6.61. The number of piperidine rings is 1. The molecule has 2 rings (SSSR count). The largest absolute Gasteiger partial charge is 0.481 e. The van der Waals surface area contributed by atoms with E-state index in [0.29, 0.717) is 5.41 Å². The van der Waals surface area contributed by atoms with Gasteiger partial charge in [0.25, 0.3) is 0 Å². The second-order valence-electron chi connectivity index (χ2n) is 6.60. The molecule has 21 heavy (non-hydrogen) atoms. The first kappa shape index (κ1) is 16.0. The summed E-state index contributed by atoms with van der Waals surface area (Å²) in [4.78, 5) is 13.0. The van der Waals surface area contributed by atoms with Crippen LogP contribution in [0.15, 0.2) is 24.3 Å². The van der Waals surface area contributed by atoms with Crippen LogP contribution in [0.4, 0.5) is 0 Å². The van der Waals surface area contributed by atoms with Crippen LogP contribution in [0.25, 0.3) is 0 Å². The van der Waals surface area contributed by atoms with E-state index in [1.54, 1.807) is 0 Å². The van der Waals surface area contributed by atoms with Gasteiger partial charge in [-0.1, -0.05) is 31.2 Å². The molecule has 1 saturated heterocycles. The number of rotatable bonds is 6. The minimum absolute atomic E-state index is 0.0965. The Labute approximate surface area is 127 Å². The fourth-order valence-electron chi connectivity index (χ4n) is 2.79. The van der Waals surface area contributed by atoms with Gasteiger partial charge in [-0.15, -0.1) is 0 Å². The lowest BCUT2D eigenvalue weighted by atomic mass is 9.80. The molecule has 1 aromatic carbocycles. The van der Waals surface area contributed by atoms with Gasteiger partial charge in [0.05, 0.1) is 6.42 Å². The van der Waals surface area contributed by atoms with Crippen LogP contribution >= 0.6 is 0 Å². The zero-order chi connectivity index (χ0) is 15.3. The van der Waals surface area contributed by atoms with Crippen molar-refractivity contribution in [2.45, 2.75) is 32.7 Å². The number of likely N-dealkylation sites (tertiary alicyclic amines) is 1. The molecule has 0 aliphatic carbocycles. The number of hydrogen-bond donors (Lipinski definition) is 2. The molecule has 2 N–H and O–H groups in total. The van der Waals surface area contributed by atoms with Crippen molar-refractivity contribution in [1.82, 2.24) is 10.2 Å². The van der Waals surface area contributed by atoms with Crippen LogP contribution in [0.5, 0.6) is 0 Å². The number of carboxylic acid groups (broad SMARTS) is 1. The average Bonchev–Trinajstić information content (AvgIpc) is 2.44. The molecule has 1 aliphatic heterocycles. The topological polar surface area (TPSA) is 52.6 Å². The minimum atomic E-state index is -0.781. The van der Waals surface area contributed by atoms with E-state index < -0.39 is 5.97 Å². The molecule has 1 aromatic rings. The SMILES string of the molecule is CN1CCC(C)(CNCc2ccc(CC(=O)O)cc2)CC1. The lowest BCUT2D eigenvalue weighted by Crippen LogP contribution is -2.41. The van der Waals surface area contributed by atoms with Crippen LogP contribution in [0.2, 0.25) is 0 Å². The fraction of sp³-hybridized carbons (Fsp3) is 0.588. The number of carbonyl (C=O) groups is 1. The Balaban J connectivity index is 1.76. The first-order valence-electron chi connectivity index (χ1n) is 7.66. The van der Waals surface area contributed by atoms with Crippen molar-refractivity contribution in [1.29, 1.82) is 0 Å². The Bertz CT molecular complexity index is 462. The highest BCUT2D eigenvalue weighted by Crippen LogP contribution is 2.29. The van der Waals surface area contributed by atoms with Gasteiger partial charge in [0.15, 0.2) is 0 Å². The van der Waals surface area contributed by atoms with E-state index in [1.807, 2.05) is 24.3 Å². The van der Waals surface area contributed by atoms with Crippen molar-refractivity contribution in [2.75, 3.05) is 26.7 Å². The van der Waals surface area contributed by atoms with E-state index in [-0.39, 0.29) is 6.42 Å². The molecule has 1 heterocycles. The highest BCUT2D eigenvalue weighted by molar-refractivity contribution is 5.70. The summed E-state index contributed by atoms with van der Waals surface area (Å²) in [5.41, 5.74) is 2.46. The maximum atomic E-state index is 10.6. The van der Waals surface area contributed by atoms with Crippen molar-refractivity contribution in [2.24, 2.45) is 5.41 Å². The molecule has 0 atom stereocenters. The van der Waals surface area contributed by atoms with Gasteiger partial charge in [0.1, 0.15) is 0 Å². The zero-order valence-corrected chi connectivity index (χ0v) is 13.1. The van der Waals surface area contributed by atoms with Crippen molar-refractivity contribution in [3.05, 3.63) is 35.4 Å². The lowest BCUT2D eigenvalue weighted by molar-refractivity contribution is -0.136. The van der Waals surface area contributed by atoms with Gasteiger partial charge in [-0.05, 0) is 49.5 Å². The second kappa shape index (κ2) is 7.05. The van der Waals surface area contributed by atoms with Gasteiger partial charge in [0.2, 0.25) is 0 Å². The Morgan fingerprint density at radius 2 is 1.81 bits per heavy atom. The summed E-state index contributed by atoms with van der Waals surface area (Å²) in [6.07, 6.45) is 2.58. The standard InChI is InChI=1S/C17H26N2O2/c1-17(7-9-19(2)10-8-17)13-18-12-15-5-3-14(4-6-15)11-16(20)21/h3-6,18H,7-13H2,1-2H3,(H,20,21). The Hall–Kier alpha value is -1.39. The normalized spacial score (nSPS) is 18.6. The van der Waals surface area contributed by atoms with Crippen molar-refractivity contribution in [3.8, 4) is 0 Å². The summed E-state index contributed by atoms with van der Waals surface area (Å²) in [7, 11) is 2.19. The highest BCUT2D eigenvalue weighted by Gasteiger charge is 2.28. The van der Waals surface area contributed by atoms with E-state index in [0.717, 1.165) is 18.7 Å². The lowest BCUT2D eigenvalue weighted by Gasteiger charge is -2.38. The molecule has 0 radical (unpaired) electrons. The van der Waals surface area contributed by atoms with E-state index >= 15 is 0 Å². The third-order valence-corrected chi connectivity index (χ3v) is 4.45. The molecular weight excluding hydrogens is 264 g/mol. The van der Waals surface area contributed by atoms with Crippen molar-refractivity contribution >= 4 is 5.97 Å². The van der Waals surface area contributed by atoms with E-state index in [2.05, 4.69) is 24.2 Å². The summed E-state index contributed by atoms with van der Waals surface area (Å²) in [5.74, 6) is -0.781. The summed E-state index contributed by atoms with van der Waals surface area (Å²) in [5, 5.41) is 12.3. The summed E-state index contributed by atoms with van der Waals surface area (Å²) < 4.78 is 0. The summed E-state index contributed by atoms with van der Waals surface area (Å²) >= 11 is 0. The van der Waals surface area contributed by atoms with Crippen LogP contribution in [0.1, 0.15) is 30.9 Å². The van der Waals surface area contributed by atoms with Crippen LogP contribution in [-0.2, 0) is 17.8 Å². The molecule has 0 saturated carbocycles. The van der Waals surface area contributed by atoms with Crippen LogP contribution < -0.4 is 5.32 Å². The van der Waals surface area contributed by atoms with E-state index in [9.17, 15) is 4.79 Å². The average molecular weight is 290 g/mol. The molecule has 0 unspecified atom stereocenters. The van der Waals surface area contributed by atoms with Crippen molar-refractivity contribution in [3.63, 3.8) is 0 Å². The highest BCUT2D eigenvalue weighted by atomic mass is 16.4. The molecule has 0 aromatic heterocycles. The third-order valence-electron chi connectivity index (χ3n) is 4.45. The Kier molecular flexibility index (Phi) is 5.37. The van der Waals surface area contributed by atoms with Crippen LogP contribution in [0, 0.1) is 5.41 Å². The number of nitrogens with one attached hydrogen (secondary N) is 1. The number of benzene rings is 1. The van der Waals surface area contributed by atoms with Gasteiger partial charge < -0.3 is 15.3 Å². The second-order valence-corrected chi connectivity index (χ2v) is 6.60. The van der Waals surface area contributed by atoms with Crippen molar-refractivity contribution < 1.29 is 9.90 Å². The minimum Gasteiger partial charge on any atom is -0.481 e. The maximum Gasteiger partial charge on any atom is 0.307 e. The van der Waals surface area contributed by atoms with Gasteiger partial charge in [-0.25, -0.2) is 0 Å². The molecule has 0 bridgehead atoms. The third kappa shape index (κ3) is 5.14. The van der Waals surface area contributed by atoms with Gasteiger partial charge >= 0.3 is 5.97 Å². The van der Waals surface area contributed by atoms with Crippen LogP contribution in [-0.4, -0.2) is 42.7 Å². The predicted molar refractivity (Wildman–Crippen MR) is 84.3 cm³/mol. The smallest absolute Gasteiger partial charge is 0.307 e. The Morgan fingerprint density at radius 1 is 1.24 bits per heavy atom. The molecule has 116 valence electrons. The monoisotopic (exact) mass is 290 g/mol. The number of aliphatic carboxylic acids is 1. The molecule has 0 spiro atoms.